The topological polar surface area (TPSA) is 49.4 Å². The molecule has 0 aromatic heterocycles. The van der Waals surface area contributed by atoms with Crippen molar-refractivity contribution >= 4 is 23.6 Å². The molecule has 1 heterocycles. The Labute approximate surface area is 131 Å². The zero-order valence-electron chi connectivity index (χ0n) is 13.1. The minimum Gasteiger partial charge on any atom is -0.340 e. The van der Waals surface area contributed by atoms with Gasteiger partial charge in [0.15, 0.2) is 0 Å². The lowest BCUT2D eigenvalue weighted by atomic mass is 9.88. The molecule has 3 aliphatic rings. The summed E-state index contributed by atoms with van der Waals surface area (Å²) in [6, 6.07) is -0.0116. The highest BCUT2D eigenvalue weighted by molar-refractivity contribution is 7.99. The van der Waals surface area contributed by atoms with Gasteiger partial charge < -0.3 is 10.2 Å². The van der Waals surface area contributed by atoms with Crippen LogP contribution in [0.3, 0.4) is 0 Å². The van der Waals surface area contributed by atoms with E-state index in [4.69, 9.17) is 0 Å². The van der Waals surface area contributed by atoms with Crippen LogP contribution >= 0.6 is 11.8 Å². The highest BCUT2D eigenvalue weighted by atomic mass is 32.2. The molecule has 21 heavy (non-hydrogen) atoms. The van der Waals surface area contributed by atoms with Crippen LogP contribution in [0.25, 0.3) is 0 Å². The van der Waals surface area contributed by atoms with E-state index < -0.39 is 5.54 Å². The molecule has 5 heteroatoms. The Morgan fingerprint density at radius 1 is 1.24 bits per heavy atom. The monoisotopic (exact) mass is 310 g/mol. The van der Waals surface area contributed by atoms with Gasteiger partial charge in [0, 0.05) is 11.3 Å². The van der Waals surface area contributed by atoms with E-state index in [1.165, 1.54) is 12.8 Å². The van der Waals surface area contributed by atoms with Gasteiger partial charge in [-0.3, -0.25) is 9.59 Å². The van der Waals surface area contributed by atoms with Crippen LogP contribution in [0.2, 0.25) is 0 Å². The maximum Gasteiger partial charge on any atom is 0.249 e. The molecule has 3 atom stereocenters. The minimum absolute atomic E-state index is 0.0748. The van der Waals surface area contributed by atoms with E-state index in [2.05, 4.69) is 11.6 Å². The molecular weight excluding hydrogens is 284 g/mol. The first-order valence-electron chi connectivity index (χ1n) is 8.30. The Morgan fingerprint density at radius 2 is 1.95 bits per heavy atom. The zero-order valence-corrected chi connectivity index (χ0v) is 13.9. The smallest absolute Gasteiger partial charge is 0.249 e. The molecule has 0 radical (unpaired) electrons. The maximum atomic E-state index is 13.2. The minimum atomic E-state index is -0.575. The van der Waals surface area contributed by atoms with Crippen LogP contribution in [0.4, 0.5) is 0 Å². The molecule has 2 saturated carbocycles. The second-order valence-corrected chi connectivity index (χ2v) is 7.76. The summed E-state index contributed by atoms with van der Waals surface area (Å²) in [5.74, 6) is 0.281. The second kappa shape index (κ2) is 5.82. The Morgan fingerprint density at radius 3 is 2.57 bits per heavy atom. The predicted octanol–water partition coefficient (Wildman–Crippen LogP) is 2.32. The number of carbonyl (C=O) groups excluding carboxylic acids is 2. The van der Waals surface area contributed by atoms with E-state index in [1.807, 2.05) is 23.6 Å². The lowest BCUT2D eigenvalue weighted by Gasteiger charge is -2.48. The molecule has 2 aliphatic carbocycles. The van der Waals surface area contributed by atoms with Crippen molar-refractivity contribution in [3.8, 4) is 0 Å². The number of thioether (sulfide) groups is 1. The molecule has 0 bridgehead atoms. The fourth-order valence-electron chi connectivity index (χ4n) is 4.47. The van der Waals surface area contributed by atoms with Crippen LogP contribution in [0.15, 0.2) is 0 Å². The van der Waals surface area contributed by atoms with E-state index in [0.29, 0.717) is 11.7 Å². The van der Waals surface area contributed by atoms with Gasteiger partial charge in [0.05, 0.1) is 0 Å². The third-order valence-corrected chi connectivity index (χ3v) is 6.72. The van der Waals surface area contributed by atoms with Crippen molar-refractivity contribution in [2.24, 2.45) is 0 Å². The second-order valence-electron chi connectivity index (χ2n) is 6.69. The summed E-state index contributed by atoms with van der Waals surface area (Å²) in [6.07, 6.45) is 9.97. The normalized spacial score (nSPS) is 35.5. The van der Waals surface area contributed by atoms with Crippen molar-refractivity contribution in [3.63, 3.8) is 0 Å². The summed E-state index contributed by atoms with van der Waals surface area (Å²) < 4.78 is 0. The Bertz CT molecular complexity index is 434. The highest BCUT2D eigenvalue weighted by Crippen LogP contribution is 2.40. The zero-order chi connectivity index (χ0) is 15.0. The molecule has 118 valence electrons. The van der Waals surface area contributed by atoms with Crippen LogP contribution in [-0.2, 0) is 9.59 Å². The number of nitrogens with zero attached hydrogens (tertiary/aromatic N) is 1. The molecule has 1 aliphatic heterocycles. The van der Waals surface area contributed by atoms with Gasteiger partial charge in [0.2, 0.25) is 11.8 Å². The van der Waals surface area contributed by atoms with E-state index in [0.717, 1.165) is 32.1 Å². The van der Waals surface area contributed by atoms with Gasteiger partial charge >= 0.3 is 0 Å². The number of nitrogens with one attached hydrogen (secondary N) is 1. The summed E-state index contributed by atoms with van der Waals surface area (Å²) in [7, 11) is 0. The average molecular weight is 310 g/mol. The standard InChI is InChI=1S/C16H26N2O2S/c1-3-11-14(19)17-16(9-4-5-10-16)15(20)18(11)12-7-6-8-13(12)21-2/h11-13H,3-10H2,1-2H3,(H,17,19). The first-order chi connectivity index (χ1) is 10.1. The maximum absolute atomic E-state index is 13.2. The molecule has 1 N–H and O–H groups in total. The predicted molar refractivity (Wildman–Crippen MR) is 85.2 cm³/mol. The molecule has 1 spiro atoms. The van der Waals surface area contributed by atoms with E-state index in [9.17, 15) is 9.59 Å². The van der Waals surface area contributed by atoms with E-state index in [-0.39, 0.29) is 23.9 Å². The highest BCUT2D eigenvalue weighted by Gasteiger charge is 2.54. The molecule has 2 amide bonds. The number of rotatable bonds is 3. The van der Waals surface area contributed by atoms with Crippen molar-refractivity contribution < 1.29 is 9.59 Å². The van der Waals surface area contributed by atoms with Crippen molar-refractivity contribution in [1.82, 2.24) is 10.2 Å². The Kier molecular flexibility index (Phi) is 4.21. The first kappa shape index (κ1) is 15.2. The van der Waals surface area contributed by atoms with Gasteiger partial charge in [-0.15, -0.1) is 0 Å². The summed E-state index contributed by atoms with van der Waals surface area (Å²) in [6.45, 7) is 2.01. The molecule has 4 nitrogen and oxygen atoms in total. The van der Waals surface area contributed by atoms with Crippen molar-refractivity contribution in [3.05, 3.63) is 0 Å². The van der Waals surface area contributed by atoms with Crippen LogP contribution in [-0.4, -0.2) is 45.8 Å². The summed E-state index contributed by atoms with van der Waals surface area (Å²) in [4.78, 5) is 27.8. The molecule has 3 rings (SSSR count). The number of carbonyl (C=O) groups is 2. The van der Waals surface area contributed by atoms with Gasteiger partial charge in [0.1, 0.15) is 11.6 Å². The van der Waals surface area contributed by atoms with Crippen molar-refractivity contribution in [1.29, 1.82) is 0 Å². The summed E-state index contributed by atoms with van der Waals surface area (Å²) >= 11 is 1.86. The van der Waals surface area contributed by atoms with Gasteiger partial charge in [-0.1, -0.05) is 26.2 Å². The third kappa shape index (κ3) is 2.37. The molecule has 0 aromatic rings. The number of amides is 2. The van der Waals surface area contributed by atoms with Gasteiger partial charge in [-0.25, -0.2) is 0 Å². The average Bonchev–Trinajstić information content (AvgIpc) is 3.12. The van der Waals surface area contributed by atoms with E-state index >= 15 is 0 Å². The van der Waals surface area contributed by atoms with Crippen LogP contribution in [0.1, 0.15) is 58.3 Å². The first-order valence-corrected chi connectivity index (χ1v) is 9.59. The third-order valence-electron chi connectivity index (χ3n) is 5.57. The lowest BCUT2D eigenvalue weighted by molar-refractivity contribution is -0.157. The fourth-order valence-corrected chi connectivity index (χ4v) is 5.45. The molecule has 1 saturated heterocycles. The van der Waals surface area contributed by atoms with E-state index in [1.54, 1.807) is 0 Å². The fraction of sp³-hybridized carbons (Fsp3) is 0.875. The number of hydrogen-bond acceptors (Lipinski definition) is 3. The molecule has 0 aromatic carbocycles. The molecule has 3 unspecified atom stereocenters. The summed E-state index contributed by atoms with van der Waals surface area (Å²) in [5.41, 5.74) is -0.575. The van der Waals surface area contributed by atoms with Crippen LogP contribution in [0, 0.1) is 0 Å². The Hall–Kier alpha value is -0.710. The van der Waals surface area contributed by atoms with Crippen LogP contribution < -0.4 is 5.32 Å². The van der Waals surface area contributed by atoms with Gasteiger partial charge in [0.25, 0.3) is 0 Å². The Balaban J connectivity index is 1.93. The SMILES string of the molecule is CCC1C(=O)NC2(CCCC2)C(=O)N1C1CCCC1SC. The van der Waals surface area contributed by atoms with Crippen LogP contribution in [0.5, 0.6) is 0 Å². The molecular formula is C16H26N2O2S. The number of hydrogen-bond donors (Lipinski definition) is 1. The summed E-state index contributed by atoms with van der Waals surface area (Å²) in [5, 5.41) is 3.58. The van der Waals surface area contributed by atoms with Crippen molar-refractivity contribution in [2.45, 2.75) is 81.2 Å². The molecule has 3 fully saturated rings. The lowest BCUT2D eigenvalue weighted by Crippen LogP contribution is -2.71. The van der Waals surface area contributed by atoms with Gasteiger partial charge in [-0.05, 0) is 38.4 Å². The quantitative estimate of drug-likeness (QED) is 0.870. The largest absolute Gasteiger partial charge is 0.340 e. The van der Waals surface area contributed by atoms with Gasteiger partial charge in [-0.2, -0.15) is 11.8 Å². The van der Waals surface area contributed by atoms with Crippen molar-refractivity contribution in [2.75, 3.05) is 6.26 Å². The number of piperazine rings is 1.